The molecule has 9 heteroatoms. The van der Waals surface area contributed by atoms with Gasteiger partial charge in [-0.15, -0.1) is 0 Å². The normalized spacial score (nSPS) is 14.6. The average Bonchev–Trinajstić information content (AvgIpc) is 2.91. The number of carbonyl (C=O) groups is 1. The summed E-state index contributed by atoms with van der Waals surface area (Å²) in [5.41, 5.74) is 2.11. The maximum Gasteiger partial charge on any atom is 0.303 e. The van der Waals surface area contributed by atoms with E-state index >= 15 is 0 Å². The molecule has 4 rings (SSSR count). The fraction of sp³-hybridized carbons (Fsp3) is 0.300. The number of para-hydroxylation sites is 1. The number of nitrogens with zero attached hydrogens (tertiary/aromatic N) is 1. The van der Waals surface area contributed by atoms with Crippen LogP contribution in [0.2, 0.25) is 0 Å². The molecule has 0 bridgehead atoms. The third kappa shape index (κ3) is 7.92. The second-order valence-corrected chi connectivity index (χ2v) is 11.3. The van der Waals surface area contributed by atoms with E-state index in [-0.39, 0.29) is 23.8 Å². The van der Waals surface area contributed by atoms with Gasteiger partial charge in [0.25, 0.3) is 10.0 Å². The molecule has 3 aromatic carbocycles. The number of anilines is 1. The van der Waals surface area contributed by atoms with E-state index in [4.69, 9.17) is 14.6 Å². The third-order valence-corrected chi connectivity index (χ3v) is 8.19. The van der Waals surface area contributed by atoms with E-state index in [9.17, 15) is 18.3 Å². The summed E-state index contributed by atoms with van der Waals surface area (Å²) in [5.74, 6) is -0.134. The van der Waals surface area contributed by atoms with Gasteiger partial charge in [0.1, 0.15) is 5.75 Å². The second-order valence-electron chi connectivity index (χ2n) is 9.41. The molecule has 1 heterocycles. The van der Waals surface area contributed by atoms with Gasteiger partial charge in [-0.1, -0.05) is 60.7 Å². The number of aliphatic hydroxyl groups is 1. The Kier molecular flexibility index (Phi) is 9.75. The maximum absolute atomic E-state index is 13.5. The van der Waals surface area contributed by atoms with E-state index in [0.717, 1.165) is 11.1 Å². The van der Waals surface area contributed by atoms with Crippen LogP contribution in [-0.2, 0) is 26.0 Å². The standard InChI is InChI=1S/C30H33NO7S/c32-27(17-18-38-29-12-5-4-8-25(29)14-16-30(33)34)15-13-23-7-6-9-26(19-23)31(20-24-21-37-22-24)39(35,36)28-10-2-1-3-11-28/h1-13,15,19,24,27,32H,14,16-18,20-22H2,(H,33,34)/b15-13+. The van der Waals surface area contributed by atoms with Crippen LogP contribution in [0.15, 0.2) is 89.8 Å². The van der Waals surface area contributed by atoms with Crippen LogP contribution in [0.3, 0.4) is 0 Å². The number of aliphatic hydroxyl groups excluding tert-OH is 1. The van der Waals surface area contributed by atoms with Crippen LogP contribution >= 0.6 is 0 Å². The highest BCUT2D eigenvalue weighted by molar-refractivity contribution is 7.92. The first-order valence-electron chi connectivity index (χ1n) is 12.9. The quantitative estimate of drug-likeness (QED) is 0.306. The monoisotopic (exact) mass is 551 g/mol. The molecule has 1 unspecified atom stereocenters. The molecule has 0 aromatic heterocycles. The Balaban J connectivity index is 1.40. The fourth-order valence-electron chi connectivity index (χ4n) is 4.17. The van der Waals surface area contributed by atoms with Gasteiger partial charge in [-0.3, -0.25) is 9.10 Å². The number of sulfonamides is 1. The zero-order chi connectivity index (χ0) is 27.7. The van der Waals surface area contributed by atoms with E-state index in [2.05, 4.69) is 0 Å². The summed E-state index contributed by atoms with van der Waals surface area (Å²) in [4.78, 5) is 11.1. The molecule has 1 saturated heterocycles. The van der Waals surface area contributed by atoms with Crippen LogP contribution in [0.25, 0.3) is 6.08 Å². The van der Waals surface area contributed by atoms with Gasteiger partial charge >= 0.3 is 5.97 Å². The largest absolute Gasteiger partial charge is 0.493 e. The molecule has 0 spiro atoms. The van der Waals surface area contributed by atoms with Gasteiger partial charge < -0.3 is 19.7 Å². The minimum absolute atomic E-state index is 0.0172. The van der Waals surface area contributed by atoms with E-state index < -0.39 is 22.1 Å². The van der Waals surface area contributed by atoms with Crippen molar-refractivity contribution in [2.45, 2.75) is 30.3 Å². The van der Waals surface area contributed by atoms with Crippen molar-refractivity contribution in [1.82, 2.24) is 0 Å². The Labute approximate surface area is 229 Å². The molecular weight excluding hydrogens is 518 g/mol. The summed E-state index contributed by atoms with van der Waals surface area (Å²) in [5, 5.41) is 19.4. The lowest BCUT2D eigenvalue weighted by Crippen LogP contribution is -2.42. The molecule has 0 saturated carbocycles. The number of rotatable bonds is 14. The smallest absolute Gasteiger partial charge is 0.303 e. The van der Waals surface area contributed by atoms with Crippen molar-refractivity contribution in [3.05, 3.63) is 96.1 Å². The van der Waals surface area contributed by atoms with Crippen molar-refractivity contribution in [1.29, 1.82) is 0 Å². The second kappa shape index (κ2) is 13.4. The molecule has 206 valence electrons. The van der Waals surface area contributed by atoms with Crippen molar-refractivity contribution >= 4 is 27.8 Å². The van der Waals surface area contributed by atoms with Crippen LogP contribution in [0.1, 0.15) is 24.0 Å². The number of aryl methyl sites for hydroxylation is 1. The Morgan fingerprint density at radius 2 is 1.79 bits per heavy atom. The lowest BCUT2D eigenvalue weighted by Gasteiger charge is -2.33. The molecule has 1 aliphatic heterocycles. The first kappa shape index (κ1) is 28.4. The van der Waals surface area contributed by atoms with Gasteiger partial charge in [-0.2, -0.15) is 0 Å². The first-order chi connectivity index (χ1) is 18.8. The molecular formula is C30H33NO7S. The highest BCUT2D eigenvalue weighted by atomic mass is 32.2. The molecule has 1 fully saturated rings. The zero-order valence-corrected chi connectivity index (χ0v) is 22.4. The van der Waals surface area contributed by atoms with Gasteiger partial charge in [0.15, 0.2) is 0 Å². The zero-order valence-electron chi connectivity index (χ0n) is 21.6. The van der Waals surface area contributed by atoms with E-state index in [1.165, 1.54) is 4.31 Å². The van der Waals surface area contributed by atoms with Crippen molar-refractivity contribution < 1.29 is 32.9 Å². The first-order valence-corrected chi connectivity index (χ1v) is 14.3. The minimum atomic E-state index is -3.77. The molecule has 2 N–H and O–H groups in total. The van der Waals surface area contributed by atoms with Crippen LogP contribution in [0.5, 0.6) is 5.75 Å². The number of carboxylic acid groups (broad SMARTS) is 1. The van der Waals surface area contributed by atoms with Crippen molar-refractivity contribution in [2.24, 2.45) is 5.92 Å². The molecule has 3 aromatic rings. The lowest BCUT2D eigenvalue weighted by molar-refractivity contribution is -0.136. The summed E-state index contributed by atoms with van der Waals surface area (Å²) in [7, 11) is -3.77. The van der Waals surface area contributed by atoms with Crippen molar-refractivity contribution in [2.75, 3.05) is 30.7 Å². The number of benzene rings is 3. The lowest BCUT2D eigenvalue weighted by atomic mass is 10.1. The molecule has 0 radical (unpaired) electrons. The molecule has 1 atom stereocenters. The Morgan fingerprint density at radius 1 is 1.05 bits per heavy atom. The van der Waals surface area contributed by atoms with Gasteiger partial charge in [-0.05, 0) is 47.9 Å². The predicted octanol–water partition coefficient (Wildman–Crippen LogP) is 4.39. The minimum Gasteiger partial charge on any atom is -0.493 e. The van der Waals surface area contributed by atoms with Crippen LogP contribution in [0, 0.1) is 5.92 Å². The summed E-state index contributed by atoms with van der Waals surface area (Å²) in [6.07, 6.45) is 3.35. The highest BCUT2D eigenvalue weighted by Crippen LogP contribution is 2.28. The number of hydrogen-bond acceptors (Lipinski definition) is 6. The summed E-state index contributed by atoms with van der Waals surface area (Å²) in [6.45, 7) is 1.62. The van der Waals surface area contributed by atoms with Crippen molar-refractivity contribution in [3.8, 4) is 5.75 Å². The number of carboxylic acids is 1. The molecule has 0 amide bonds. The highest BCUT2D eigenvalue weighted by Gasteiger charge is 2.30. The van der Waals surface area contributed by atoms with Gasteiger partial charge in [0.05, 0.1) is 36.5 Å². The van der Waals surface area contributed by atoms with E-state index in [1.54, 1.807) is 66.7 Å². The Bertz CT molecular complexity index is 1370. The molecule has 8 nitrogen and oxygen atoms in total. The predicted molar refractivity (Wildman–Crippen MR) is 149 cm³/mol. The molecule has 1 aliphatic rings. The van der Waals surface area contributed by atoms with Crippen LogP contribution in [0.4, 0.5) is 5.69 Å². The van der Waals surface area contributed by atoms with Gasteiger partial charge in [-0.25, -0.2) is 8.42 Å². The van der Waals surface area contributed by atoms with Crippen LogP contribution in [-0.4, -0.2) is 57.1 Å². The Hall–Kier alpha value is -3.66. The summed E-state index contributed by atoms with van der Waals surface area (Å²) >= 11 is 0. The third-order valence-electron chi connectivity index (χ3n) is 6.38. The fourth-order valence-corrected chi connectivity index (χ4v) is 5.72. The molecule has 39 heavy (non-hydrogen) atoms. The average molecular weight is 552 g/mol. The number of hydrogen-bond donors (Lipinski definition) is 2. The van der Waals surface area contributed by atoms with Gasteiger partial charge in [0, 0.05) is 25.3 Å². The number of aliphatic carboxylic acids is 1. The summed E-state index contributed by atoms with van der Waals surface area (Å²) < 4.78 is 39.5. The maximum atomic E-state index is 13.5. The molecule has 0 aliphatic carbocycles. The SMILES string of the molecule is O=C(O)CCc1ccccc1OCCC(O)/C=C/c1cccc(N(CC2COC2)S(=O)(=O)c2ccccc2)c1. The Morgan fingerprint density at radius 3 is 2.51 bits per heavy atom. The van der Waals surface area contributed by atoms with Gasteiger partial charge in [0.2, 0.25) is 0 Å². The summed E-state index contributed by atoms with van der Waals surface area (Å²) in [6, 6.07) is 22.8. The topological polar surface area (TPSA) is 113 Å². The van der Waals surface area contributed by atoms with Crippen LogP contribution < -0.4 is 9.04 Å². The van der Waals surface area contributed by atoms with E-state index in [1.807, 2.05) is 24.3 Å². The van der Waals surface area contributed by atoms with Crippen molar-refractivity contribution in [3.63, 3.8) is 0 Å². The number of ether oxygens (including phenoxy) is 2. The van der Waals surface area contributed by atoms with E-state index in [0.29, 0.717) is 44.0 Å².